The van der Waals surface area contributed by atoms with E-state index in [0.717, 1.165) is 37.4 Å². The maximum Gasteiger partial charge on any atom is 0.225 e. The molecule has 3 heterocycles. The smallest absolute Gasteiger partial charge is 0.225 e. The van der Waals surface area contributed by atoms with Crippen LogP contribution >= 0.6 is 0 Å². The van der Waals surface area contributed by atoms with Gasteiger partial charge in [-0.15, -0.1) is 0 Å². The molecule has 0 spiro atoms. The molecule has 2 saturated heterocycles. The molecule has 0 radical (unpaired) electrons. The van der Waals surface area contributed by atoms with Crippen LogP contribution in [-0.4, -0.2) is 48.1 Å². The van der Waals surface area contributed by atoms with Crippen molar-refractivity contribution in [3.8, 4) is 0 Å². The molecule has 5 heteroatoms. The van der Waals surface area contributed by atoms with E-state index in [4.69, 9.17) is 4.74 Å². The first-order valence-electron chi connectivity index (χ1n) is 9.78. The molecular weight excluding hydrogens is 314 g/mol. The predicted octanol–water partition coefficient (Wildman–Crippen LogP) is 2.22. The van der Waals surface area contributed by atoms with Crippen molar-refractivity contribution in [2.75, 3.05) is 26.2 Å². The number of fused-ring (bicyclic) bond motifs is 1. The van der Waals surface area contributed by atoms with Crippen LogP contribution in [0.4, 0.5) is 0 Å². The first-order chi connectivity index (χ1) is 12.3. The van der Waals surface area contributed by atoms with Gasteiger partial charge in [0.1, 0.15) is 0 Å². The summed E-state index contributed by atoms with van der Waals surface area (Å²) in [7, 11) is 0. The predicted molar refractivity (Wildman–Crippen MR) is 95.8 cm³/mol. The van der Waals surface area contributed by atoms with Crippen molar-refractivity contribution in [1.82, 2.24) is 15.2 Å². The first-order valence-corrected chi connectivity index (χ1v) is 9.78. The Morgan fingerprint density at radius 2 is 2.28 bits per heavy atom. The lowest BCUT2D eigenvalue weighted by Crippen LogP contribution is -2.51. The molecule has 5 nitrogen and oxygen atoms in total. The van der Waals surface area contributed by atoms with Crippen molar-refractivity contribution >= 4 is 5.91 Å². The molecule has 1 N–H and O–H groups in total. The van der Waals surface area contributed by atoms with Crippen molar-refractivity contribution in [1.29, 1.82) is 0 Å². The van der Waals surface area contributed by atoms with Crippen LogP contribution in [-0.2, 0) is 16.1 Å². The van der Waals surface area contributed by atoms with E-state index in [1.165, 1.54) is 25.8 Å². The molecule has 3 fully saturated rings. The minimum Gasteiger partial charge on any atom is -0.377 e. The van der Waals surface area contributed by atoms with Crippen LogP contribution in [0, 0.1) is 17.8 Å². The molecule has 0 unspecified atom stereocenters. The summed E-state index contributed by atoms with van der Waals surface area (Å²) in [5, 5.41) is 3.05. The van der Waals surface area contributed by atoms with E-state index in [0.29, 0.717) is 25.2 Å². The SMILES string of the molecule is O=C(NCc1cccnc1)[C@@H]1CO[C@@H]2CCN(CC3CCC3)C[C@@H]2C1. The summed E-state index contributed by atoms with van der Waals surface area (Å²) in [5.74, 6) is 1.54. The van der Waals surface area contributed by atoms with Gasteiger partial charge in [-0.2, -0.15) is 0 Å². The monoisotopic (exact) mass is 343 g/mol. The Balaban J connectivity index is 1.27. The minimum absolute atomic E-state index is 0.0124. The molecule has 4 rings (SSSR count). The number of likely N-dealkylation sites (tertiary alicyclic amines) is 1. The Labute approximate surface area is 150 Å². The van der Waals surface area contributed by atoms with Gasteiger partial charge in [-0.3, -0.25) is 9.78 Å². The average molecular weight is 343 g/mol. The third-order valence-electron chi connectivity index (χ3n) is 6.15. The molecule has 1 aromatic heterocycles. The van der Waals surface area contributed by atoms with E-state index >= 15 is 0 Å². The molecule has 25 heavy (non-hydrogen) atoms. The maximum absolute atomic E-state index is 12.5. The van der Waals surface area contributed by atoms with Gasteiger partial charge in [0.05, 0.1) is 18.6 Å². The quantitative estimate of drug-likeness (QED) is 0.891. The second-order valence-corrected chi connectivity index (χ2v) is 7.99. The molecule has 0 aromatic carbocycles. The van der Waals surface area contributed by atoms with E-state index in [1.54, 1.807) is 12.4 Å². The molecule has 3 aliphatic rings. The Morgan fingerprint density at radius 3 is 3.04 bits per heavy atom. The summed E-state index contributed by atoms with van der Waals surface area (Å²) >= 11 is 0. The second kappa shape index (κ2) is 7.83. The van der Waals surface area contributed by atoms with Gasteiger partial charge in [0.15, 0.2) is 0 Å². The van der Waals surface area contributed by atoms with Crippen LogP contribution < -0.4 is 5.32 Å². The Bertz CT molecular complexity index is 576. The highest BCUT2D eigenvalue weighted by molar-refractivity contribution is 5.78. The molecule has 1 aromatic rings. The third-order valence-corrected chi connectivity index (χ3v) is 6.15. The molecule has 1 aliphatic carbocycles. The van der Waals surface area contributed by atoms with Crippen LogP contribution in [0.3, 0.4) is 0 Å². The number of pyridine rings is 1. The number of carbonyl (C=O) groups is 1. The van der Waals surface area contributed by atoms with Gasteiger partial charge in [-0.05, 0) is 49.1 Å². The Morgan fingerprint density at radius 1 is 1.36 bits per heavy atom. The Hall–Kier alpha value is -1.46. The van der Waals surface area contributed by atoms with E-state index in [-0.39, 0.29) is 11.8 Å². The molecule has 0 bridgehead atoms. The molecule has 3 atom stereocenters. The van der Waals surface area contributed by atoms with Crippen molar-refractivity contribution in [2.45, 2.75) is 44.8 Å². The normalized spacial score (nSPS) is 30.3. The number of rotatable bonds is 5. The van der Waals surface area contributed by atoms with Crippen molar-refractivity contribution in [3.05, 3.63) is 30.1 Å². The van der Waals surface area contributed by atoms with Crippen molar-refractivity contribution < 1.29 is 9.53 Å². The molecule has 1 amide bonds. The highest BCUT2D eigenvalue weighted by Gasteiger charge is 2.38. The minimum atomic E-state index is -0.0124. The number of piperidine rings is 1. The maximum atomic E-state index is 12.5. The fraction of sp³-hybridized carbons (Fsp3) is 0.700. The van der Waals surface area contributed by atoms with Crippen LogP contribution in [0.2, 0.25) is 0 Å². The lowest BCUT2D eigenvalue weighted by molar-refractivity contribution is -0.139. The number of nitrogens with zero attached hydrogens (tertiary/aromatic N) is 2. The van der Waals surface area contributed by atoms with Crippen LogP contribution in [0.15, 0.2) is 24.5 Å². The summed E-state index contributed by atoms with van der Waals surface area (Å²) in [5.41, 5.74) is 1.04. The fourth-order valence-electron chi connectivity index (χ4n) is 4.43. The van der Waals surface area contributed by atoms with Gasteiger partial charge >= 0.3 is 0 Å². The van der Waals surface area contributed by atoms with Crippen molar-refractivity contribution in [2.24, 2.45) is 17.8 Å². The largest absolute Gasteiger partial charge is 0.377 e. The van der Waals surface area contributed by atoms with Crippen LogP contribution in [0.5, 0.6) is 0 Å². The number of aromatic nitrogens is 1. The highest BCUT2D eigenvalue weighted by atomic mass is 16.5. The summed E-state index contributed by atoms with van der Waals surface area (Å²) in [6, 6.07) is 3.88. The lowest BCUT2D eigenvalue weighted by atomic mass is 9.81. The van der Waals surface area contributed by atoms with Crippen LogP contribution in [0.1, 0.15) is 37.7 Å². The number of carbonyl (C=O) groups excluding carboxylic acids is 1. The van der Waals surface area contributed by atoms with Crippen LogP contribution in [0.25, 0.3) is 0 Å². The zero-order valence-electron chi connectivity index (χ0n) is 14.9. The van der Waals surface area contributed by atoms with Crippen molar-refractivity contribution in [3.63, 3.8) is 0 Å². The van der Waals surface area contributed by atoms with Gasteiger partial charge in [0, 0.05) is 38.6 Å². The van der Waals surface area contributed by atoms with E-state index in [2.05, 4.69) is 15.2 Å². The number of hydrogen-bond donors (Lipinski definition) is 1. The molecule has 136 valence electrons. The van der Waals surface area contributed by atoms with Gasteiger partial charge in [0.25, 0.3) is 0 Å². The summed E-state index contributed by atoms with van der Waals surface area (Å²) in [6.45, 7) is 4.64. The number of amides is 1. The Kier molecular flexibility index (Phi) is 5.32. The first kappa shape index (κ1) is 17.0. The number of ether oxygens (including phenoxy) is 1. The third kappa shape index (κ3) is 4.21. The fourth-order valence-corrected chi connectivity index (χ4v) is 4.43. The highest BCUT2D eigenvalue weighted by Crippen LogP contribution is 2.34. The van der Waals surface area contributed by atoms with E-state index < -0.39 is 0 Å². The summed E-state index contributed by atoms with van der Waals surface area (Å²) in [4.78, 5) is 19.2. The number of nitrogens with one attached hydrogen (secondary N) is 1. The summed E-state index contributed by atoms with van der Waals surface area (Å²) < 4.78 is 6.06. The zero-order valence-corrected chi connectivity index (χ0v) is 14.9. The standard InChI is InChI=1S/C20H29N3O2/c24-20(22-11-16-5-2-7-21-10-16)18-9-17-13-23(12-15-3-1-4-15)8-6-19(17)25-14-18/h2,5,7,10,15,17-19H,1,3-4,6,8-9,11-14H2,(H,22,24)/t17-,18-,19+/m0/s1. The second-order valence-electron chi connectivity index (χ2n) is 7.99. The van der Waals surface area contributed by atoms with Gasteiger partial charge in [-0.1, -0.05) is 12.5 Å². The molecule has 1 saturated carbocycles. The lowest BCUT2D eigenvalue weighted by Gasteiger charge is -2.44. The topological polar surface area (TPSA) is 54.5 Å². The molecular formula is C20H29N3O2. The summed E-state index contributed by atoms with van der Waals surface area (Å²) in [6.07, 6.45) is 10.2. The average Bonchev–Trinajstić information content (AvgIpc) is 2.63. The van der Waals surface area contributed by atoms with Gasteiger partial charge in [-0.25, -0.2) is 0 Å². The zero-order chi connectivity index (χ0) is 17.1. The van der Waals surface area contributed by atoms with E-state index in [9.17, 15) is 4.79 Å². The van der Waals surface area contributed by atoms with E-state index in [1.807, 2.05) is 12.1 Å². The number of hydrogen-bond acceptors (Lipinski definition) is 4. The van der Waals surface area contributed by atoms with Gasteiger partial charge < -0.3 is 15.0 Å². The molecule has 2 aliphatic heterocycles. The van der Waals surface area contributed by atoms with Gasteiger partial charge in [0.2, 0.25) is 5.91 Å².